The molecule has 196 valence electrons. The number of fused-ring (bicyclic) bond motifs is 1. The third-order valence-electron chi connectivity index (χ3n) is 6.88. The predicted octanol–water partition coefficient (Wildman–Crippen LogP) is 5.45. The molecule has 1 aliphatic heterocycles. The fourth-order valence-electron chi connectivity index (χ4n) is 4.81. The van der Waals surface area contributed by atoms with Gasteiger partial charge in [0.25, 0.3) is 0 Å². The molecular formula is C30H32N4O4. The van der Waals surface area contributed by atoms with Gasteiger partial charge in [-0.15, -0.1) is 0 Å². The van der Waals surface area contributed by atoms with Gasteiger partial charge in [0.15, 0.2) is 0 Å². The van der Waals surface area contributed by atoms with Crippen molar-refractivity contribution in [2.24, 2.45) is 0 Å². The summed E-state index contributed by atoms with van der Waals surface area (Å²) in [4.78, 5) is 31.5. The Kier molecular flexibility index (Phi) is 7.87. The Hall–Kier alpha value is -4.33. The molecular weight excluding hydrogens is 480 g/mol. The number of benzene rings is 3. The Morgan fingerprint density at radius 3 is 2.21 bits per heavy atom. The van der Waals surface area contributed by atoms with Crippen LogP contribution in [0.25, 0.3) is 28.1 Å². The fraction of sp³-hybridized carbons (Fsp3) is 0.300. The number of nitrogens with zero attached hydrogens (tertiary/aromatic N) is 4. The molecule has 38 heavy (non-hydrogen) atoms. The van der Waals surface area contributed by atoms with E-state index in [2.05, 4.69) is 28.8 Å². The molecule has 4 aromatic rings. The zero-order valence-electron chi connectivity index (χ0n) is 21.3. The van der Waals surface area contributed by atoms with Gasteiger partial charge in [-0.05, 0) is 43.5 Å². The Morgan fingerprint density at radius 2 is 1.50 bits per heavy atom. The van der Waals surface area contributed by atoms with Gasteiger partial charge in [0.05, 0.1) is 17.6 Å². The quantitative estimate of drug-likeness (QED) is 0.301. The SMILES string of the molecule is O=C(O)N1CCN(C(=O)CCCCCOc2ccc3nc(-c4ccccc4)n(-c4ccccc4)c3c2)CC1. The normalized spacial score (nSPS) is 13.6. The van der Waals surface area contributed by atoms with Crippen LogP contribution >= 0.6 is 0 Å². The molecule has 1 aliphatic rings. The van der Waals surface area contributed by atoms with Crippen molar-refractivity contribution in [2.75, 3.05) is 32.8 Å². The number of ether oxygens (including phenoxy) is 1. The molecule has 1 saturated heterocycles. The summed E-state index contributed by atoms with van der Waals surface area (Å²) in [7, 11) is 0. The minimum absolute atomic E-state index is 0.102. The van der Waals surface area contributed by atoms with E-state index in [4.69, 9.17) is 14.8 Å². The number of rotatable bonds is 9. The van der Waals surface area contributed by atoms with Crippen LogP contribution in [-0.4, -0.2) is 69.2 Å². The molecule has 8 heteroatoms. The third-order valence-corrected chi connectivity index (χ3v) is 6.88. The van der Waals surface area contributed by atoms with Crippen molar-refractivity contribution >= 4 is 23.0 Å². The number of carbonyl (C=O) groups is 2. The molecule has 0 unspecified atom stereocenters. The van der Waals surface area contributed by atoms with E-state index in [0.717, 1.165) is 53.1 Å². The lowest BCUT2D eigenvalue weighted by Gasteiger charge is -2.33. The van der Waals surface area contributed by atoms with Crippen molar-refractivity contribution in [3.63, 3.8) is 0 Å². The lowest BCUT2D eigenvalue weighted by molar-refractivity contribution is -0.132. The minimum atomic E-state index is -0.919. The van der Waals surface area contributed by atoms with Crippen LogP contribution in [-0.2, 0) is 4.79 Å². The molecule has 0 saturated carbocycles. The summed E-state index contributed by atoms with van der Waals surface area (Å²) < 4.78 is 8.25. The molecule has 0 spiro atoms. The standard InChI is InChI=1S/C30H32N4O4/c35-28(32-17-19-33(20-18-32)30(36)37)14-8-3-9-21-38-25-15-16-26-27(22-25)34(24-12-6-2-7-13-24)29(31-26)23-10-4-1-5-11-23/h1-2,4-7,10-13,15-16,22H,3,8-9,14,17-21H2,(H,36,37). The molecule has 0 atom stereocenters. The second kappa shape index (κ2) is 11.8. The lowest BCUT2D eigenvalue weighted by atomic mass is 10.1. The van der Waals surface area contributed by atoms with Crippen LogP contribution in [0, 0.1) is 0 Å². The average molecular weight is 513 g/mol. The van der Waals surface area contributed by atoms with Crippen molar-refractivity contribution in [1.29, 1.82) is 0 Å². The van der Waals surface area contributed by atoms with E-state index >= 15 is 0 Å². The smallest absolute Gasteiger partial charge is 0.407 e. The van der Waals surface area contributed by atoms with Crippen LogP contribution < -0.4 is 4.74 Å². The number of imidazole rings is 1. The van der Waals surface area contributed by atoms with Gasteiger partial charge in [0.2, 0.25) is 5.91 Å². The van der Waals surface area contributed by atoms with E-state index in [9.17, 15) is 9.59 Å². The number of aromatic nitrogens is 2. The topological polar surface area (TPSA) is 87.9 Å². The second-order valence-electron chi connectivity index (χ2n) is 9.43. The van der Waals surface area contributed by atoms with Crippen molar-refractivity contribution in [3.05, 3.63) is 78.9 Å². The molecule has 8 nitrogen and oxygen atoms in total. The first-order chi connectivity index (χ1) is 18.6. The van der Waals surface area contributed by atoms with Crippen LogP contribution in [0.1, 0.15) is 25.7 Å². The van der Waals surface area contributed by atoms with Gasteiger partial charge >= 0.3 is 6.09 Å². The van der Waals surface area contributed by atoms with Gasteiger partial charge in [-0.3, -0.25) is 9.36 Å². The average Bonchev–Trinajstić information content (AvgIpc) is 3.34. The number of hydrogen-bond acceptors (Lipinski definition) is 4. The molecule has 2 heterocycles. The molecule has 1 N–H and O–H groups in total. The Bertz CT molecular complexity index is 1380. The number of unbranched alkanes of at least 4 members (excludes halogenated alkanes) is 2. The number of carboxylic acid groups (broad SMARTS) is 1. The van der Waals surface area contributed by atoms with Gasteiger partial charge in [0.1, 0.15) is 11.6 Å². The van der Waals surface area contributed by atoms with Crippen LogP contribution in [0.15, 0.2) is 78.9 Å². The summed E-state index contributed by atoms with van der Waals surface area (Å²) in [5, 5.41) is 9.04. The van der Waals surface area contributed by atoms with Gasteiger partial charge in [-0.1, -0.05) is 48.5 Å². The number of piperazine rings is 1. The number of para-hydroxylation sites is 1. The van der Waals surface area contributed by atoms with Crippen LogP contribution in [0.2, 0.25) is 0 Å². The highest BCUT2D eigenvalue weighted by molar-refractivity contribution is 5.84. The number of carbonyl (C=O) groups excluding carboxylic acids is 1. The third kappa shape index (κ3) is 5.80. The first-order valence-corrected chi connectivity index (χ1v) is 13.1. The fourth-order valence-corrected chi connectivity index (χ4v) is 4.81. The largest absolute Gasteiger partial charge is 0.494 e. The van der Waals surface area contributed by atoms with Crippen LogP contribution in [0.3, 0.4) is 0 Å². The maximum atomic E-state index is 12.4. The van der Waals surface area contributed by atoms with E-state index in [0.29, 0.717) is 39.2 Å². The first-order valence-electron chi connectivity index (χ1n) is 13.1. The highest BCUT2D eigenvalue weighted by atomic mass is 16.5. The Balaban J connectivity index is 1.17. The van der Waals surface area contributed by atoms with E-state index in [1.807, 2.05) is 54.6 Å². The molecule has 0 radical (unpaired) electrons. The van der Waals surface area contributed by atoms with Crippen LogP contribution in [0.5, 0.6) is 5.75 Å². The number of hydrogen-bond donors (Lipinski definition) is 1. The van der Waals surface area contributed by atoms with Crippen molar-refractivity contribution in [1.82, 2.24) is 19.4 Å². The van der Waals surface area contributed by atoms with Gasteiger partial charge < -0.3 is 19.6 Å². The predicted molar refractivity (Wildman–Crippen MR) is 147 cm³/mol. The second-order valence-corrected chi connectivity index (χ2v) is 9.43. The zero-order chi connectivity index (χ0) is 26.3. The maximum absolute atomic E-state index is 12.4. The molecule has 1 fully saturated rings. The summed E-state index contributed by atoms with van der Waals surface area (Å²) in [5.74, 6) is 1.78. The summed E-state index contributed by atoms with van der Waals surface area (Å²) in [5.41, 5.74) is 3.98. The summed E-state index contributed by atoms with van der Waals surface area (Å²) in [6.07, 6.45) is 2.10. The molecule has 1 aromatic heterocycles. The van der Waals surface area contributed by atoms with Crippen molar-refractivity contribution in [3.8, 4) is 22.8 Å². The molecule has 0 bridgehead atoms. The maximum Gasteiger partial charge on any atom is 0.407 e. The van der Waals surface area contributed by atoms with Crippen LogP contribution in [0.4, 0.5) is 4.79 Å². The highest BCUT2D eigenvalue weighted by Crippen LogP contribution is 2.30. The van der Waals surface area contributed by atoms with Gasteiger partial charge in [-0.25, -0.2) is 9.78 Å². The van der Waals surface area contributed by atoms with E-state index in [1.54, 1.807) is 4.90 Å². The Morgan fingerprint density at radius 1 is 0.816 bits per heavy atom. The zero-order valence-corrected chi connectivity index (χ0v) is 21.3. The summed E-state index contributed by atoms with van der Waals surface area (Å²) >= 11 is 0. The summed E-state index contributed by atoms with van der Waals surface area (Å²) in [6, 6.07) is 26.4. The van der Waals surface area contributed by atoms with E-state index in [-0.39, 0.29) is 5.91 Å². The summed E-state index contributed by atoms with van der Waals surface area (Å²) in [6.45, 7) is 2.29. The van der Waals surface area contributed by atoms with E-state index in [1.165, 1.54) is 4.90 Å². The van der Waals surface area contributed by atoms with Crippen molar-refractivity contribution < 1.29 is 19.4 Å². The minimum Gasteiger partial charge on any atom is -0.494 e. The molecule has 2 amide bonds. The van der Waals surface area contributed by atoms with Gasteiger partial charge in [0, 0.05) is 49.9 Å². The van der Waals surface area contributed by atoms with Crippen molar-refractivity contribution in [2.45, 2.75) is 25.7 Å². The molecule has 0 aliphatic carbocycles. The lowest BCUT2D eigenvalue weighted by Crippen LogP contribution is -2.50. The highest BCUT2D eigenvalue weighted by Gasteiger charge is 2.23. The Labute approximate surface area is 222 Å². The monoisotopic (exact) mass is 512 g/mol. The molecule has 5 rings (SSSR count). The van der Waals surface area contributed by atoms with E-state index < -0.39 is 6.09 Å². The number of amides is 2. The first kappa shape index (κ1) is 25.3. The van der Waals surface area contributed by atoms with Gasteiger partial charge in [-0.2, -0.15) is 0 Å². The molecule has 3 aromatic carbocycles.